The van der Waals surface area contributed by atoms with E-state index in [1.807, 2.05) is 30.3 Å². The number of hydrogen-bond donors (Lipinski definition) is 3. The molecule has 114 valence electrons. The van der Waals surface area contributed by atoms with Crippen LogP contribution in [-0.2, 0) is 4.79 Å². The van der Waals surface area contributed by atoms with E-state index in [0.717, 1.165) is 14.9 Å². The summed E-state index contributed by atoms with van der Waals surface area (Å²) in [5.41, 5.74) is 2.02. The number of amides is 2. The highest BCUT2D eigenvalue weighted by molar-refractivity contribution is 14.1. The van der Waals surface area contributed by atoms with Crippen LogP contribution in [0.1, 0.15) is 10.4 Å². The molecule has 22 heavy (non-hydrogen) atoms. The number of carbonyl (C=O) groups is 2. The molecule has 0 bridgehead atoms. The average molecular weight is 409 g/mol. The van der Waals surface area contributed by atoms with Gasteiger partial charge in [0.25, 0.3) is 5.91 Å². The van der Waals surface area contributed by atoms with E-state index in [0.29, 0.717) is 5.56 Å². The lowest BCUT2D eigenvalue weighted by atomic mass is 10.2. The Morgan fingerprint density at radius 3 is 2.45 bits per heavy atom. The van der Waals surface area contributed by atoms with E-state index in [9.17, 15) is 9.59 Å². The van der Waals surface area contributed by atoms with Crippen LogP contribution in [0.25, 0.3) is 0 Å². The van der Waals surface area contributed by atoms with Crippen molar-refractivity contribution in [3.63, 3.8) is 0 Å². The Morgan fingerprint density at radius 1 is 1.05 bits per heavy atom. The maximum absolute atomic E-state index is 11.9. The Hall–Kier alpha value is -2.09. The predicted molar refractivity (Wildman–Crippen MR) is 96.1 cm³/mol. The summed E-state index contributed by atoms with van der Waals surface area (Å²) in [6.07, 6.45) is 0. The van der Waals surface area contributed by atoms with Crippen LogP contribution in [-0.4, -0.2) is 25.4 Å². The molecule has 0 saturated heterocycles. The topological polar surface area (TPSA) is 70.2 Å². The summed E-state index contributed by atoms with van der Waals surface area (Å²) >= 11 is 2.21. The molecular weight excluding hydrogens is 393 g/mol. The summed E-state index contributed by atoms with van der Waals surface area (Å²) in [6, 6.07) is 14.6. The zero-order chi connectivity index (χ0) is 15.9. The van der Waals surface area contributed by atoms with Gasteiger partial charge in [0.2, 0.25) is 5.91 Å². The van der Waals surface area contributed by atoms with Gasteiger partial charge in [-0.2, -0.15) is 0 Å². The van der Waals surface area contributed by atoms with Gasteiger partial charge in [-0.25, -0.2) is 0 Å². The molecule has 0 aliphatic carbocycles. The fraction of sp³-hybridized carbons (Fsp3) is 0.125. The van der Waals surface area contributed by atoms with Gasteiger partial charge in [0.05, 0.1) is 6.54 Å². The van der Waals surface area contributed by atoms with Gasteiger partial charge in [-0.15, -0.1) is 0 Å². The van der Waals surface area contributed by atoms with Crippen molar-refractivity contribution in [2.75, 3.05) is 24.2 Å². The smallest absolute Gasteiger partial charge is 0.251 e. The summed E-state index contributed by atoms with van der Waals surface area (Å²) in [4.78, 5) is 23.4. The highest BCUT2D eigenvalue weighted by Gasteiger charge is 2.05. The van der Waals surface area contributed by atoms with Crippen LogP contribution < -0.4 is 16.0 Å². The Bertz CT molecular complexity index is 671. The van der Waals surface area contributed by atoms with Gasteiger partial charge in [-0.1, -0.05) is 6.07 Å². The van der Waals surface area contributed by atoms with Gasteiger partial charge in [0.15, 0.2) is 0 Å². The van der Waals surface area contributed by atoms with Crippen molar-refractivity contribution >= 4 is 45.8 Å². The van der Waals surface area contributed by atoms with Crippen LogP contribution in [0.15, 0.2) is 48.5 Å². The van der Waals surface area contributed by atoms with Crippen LogP contribution in [0.5, 0.6) is 0 Å². The maximum Gasteiger partial charge on any atom is 0.251 e. The van der Waals surface area contributed by atoms with Crippen molar-refractivity contribution in [2.45, 2.75) is 0 Å². The molecule has 0 spiro atoms. The van der Waals surface area contributed by atoms with Crippen LogP contribution >= 0.6 is 22.6 Å². The number of nitrogens with one attached hydrogen (secondary N) is 3. The van der Waals surface area contributed by atoms with Crippen molar-refractivity contribution in [2.24, 2.45) is 0 Å². The predicted octanol–water partition coefficient (Wildman–Crippen LogP) is 2.70. The number of anilines is 2. The monoisotopic (exact) mass is 409 g/mol. The molecule has 0 saturated carbocycles. The van der Waals surface area contributed by atoms with E-state index in [2.05, 4.69) is 38.5 Å². The van der Waals surface area contributed by atoms with E-state index in [4.69, 9.17) is 0 Å². The molecule has 0 heterocycles. The molecule has 2 amide bonds. The molecular formula is C16H16IN3O2. The van der Waals surface area contributed by atoms with Gasteiger partial charge < -0.3 is 16.0 Å². The minimum atomic E-state index is -0.160. The number of carbonyl (C=O) groups excluding carboxylic acids is 2. The van der Waals surface area contributed by atoms with Crippen LogP contribution in [0.3, 0.4) is 0 Å². The number of hydrogen-bond acceptors (Lipinski definition) is 3. The van der Waals surface area contributed by atoms with Crippen molar-refractivity contribution < 1.29 is 9.59 Å². The molecule has 6 heteroatoms. The van der Waals surface area contributed by atoms with Crippen molar-refractivity contribution in [3.05, 3.63) is 57.7 Å². The maximum atomic E-state index is 11.9. The lowest BCUT2D eigenvalue weighted by Gasteiger charge is -2.09. The summed E-state index contributed by atoms with van der Waals surface area (Å²) < 4.78 is 1.11. The van der Waals surface area contributed by atoms with Crippen molar-refractivity contribution in [1.82, 2.24) is 5.32 Å². The molecule has 3 N–H and O–H groups in total. The molecule has 0 aliphatic heterocycles. The Labute approximate surface area is 142 Å². The quantitative estimate of drug-likeness (QED) is 0.666. The van der Waals surface area contributed by atoms with Gasteiger partial charge in [-0.3, -0.25) is 9.59 Å². The van der Waals surface area contributed by atoms with E-state index < -0.39 is 0 Å². The third kappa shape index (κ3) is 4.73. The SMILES string of the molecule is CNC(=O)c1cccc(NCC(=O)Nc2ccc(I)cc2)c1. The van der Waals surface area contributed by atoms with Crippen LogP contribution in [0.2, 0.25) is 0 Å². The Kier molecular flexibility index (Phi) is 5.76. The third-order valence-corrected chi connectivity index (χ3v) is 3.65. The zero-order valence-electron chi connectivity index (χ0n) is 12.0. The Balaban J connectivity index is 1.91. The average Bonchev–Trinajstić information content (AvgIpc) is 2.54. The van der Waals surface area contributed by atoms with E-state index >= 15 is 0 Å². The van der Waals surface area contributed by atoms with E-state index in [1.54, 1.807) is 25.2 Å². The second kappa shape index (κ2) is 7.79. The Morgan fingerprint density at radius 2 is 1.77 bits per heavy atom. The van der Waals surface area contributed by atoms with Crippen molar-refractivity contribution in [3.8, 4) is 0 Å². The first kappa shape index (κ1) is 16.3. The highest BCUT2D eigenvalue weighted by atomic mass is 127. The lowest BCUT2D eigenvalue weighted by molar-refractivity contribution is -0.114. The standard InChI is InChI=1S/C16H16IN3O2/c1-18-16(22)11-3-2-4-14(9-11)19-10-15(21)20-13-7-5-12(17)6-8-13/h2-9,19H,10H2,1H3,(H,18,22)(H,20,21). The minimum Gasteiger partial charge on any atom is -0.376 e. The number of halogens is 1. The molecule has 5 nitrogen and oxygen atoms in total. The van der Waals surface area contributed by atoms with Gasteiger partial charge in [0.1, 0.15) is 0 Å². The van der Waals surface area contributed by atoms with Crippen molar-refractivity contribution in [1.29, 1.82) is 0 Å². The second-order valence-corrected chi connectivity index (χ2v) is 5.81. The minimum absolute atomic E-state index is 0.128. The van der Waals surface area contributed by atoms with E-state index in [1.165, 1.54) is 0 Å². The first-order chi connectivity index (χ1) is 10.6. The first-order valence-corrected chi connectivity index (χ1v) is 7.78. The lowest BCUT2D eigenvalue weighted by Crippen LogP contribution is -2.22. The summed E-state index contributed by atoms with van der Waals surface area (Å²) in [6.45, 7) is 0.128. The molecule has 0 atom stereocenters. The first-order valence-electron chi connectivity index (χ1n) is 6.70. The molecule has 0 unspecified atom stereocenters. The summed E-state index contributed by atoms with van der Waals surface area (Å²) in [7, 11) is 1.58. The van der Waals surface area contributed by atoms with Gasteiger partial charge in [-0.05, 0) is 65.1 Å². The molecule has 0 fully saturated rings. The summed E-state index contributed by atoms with van der Waals surface area (Å²) in [5.74, 6) is -0.307. The second-order valence-electron chi connectivity index (χ2n) is 4.57. The van der Waals surface area contributed by atoms with Crippen LogP contribution in [0.4, 0.5) is 11.4 Å². The molecule has 2 aromatic carbocycles. The largest absolute Gasteiger partial charge is 0.376 e. The molecule has 0 radical (unpaired) electrons. The molecule has 0 aliphatic rings. The van der Waals surface area contributed by atoms with Crippen LogP contribution in [0, 0.1) is 3.57 Å². The number of benzene rings is 2. The molecule has 0 aromatic heterocycles. The van der Waals surface area contributed by atoms with Gasteiger partial charge in [0, 0.05) is 27.6 Å². The molecule has 2 rings (SSSR count). The molecule has 2 aromatic rings. The van der Waals surface area contributed by atoms with E-state index in [-0.39, 0.29) is 18.4 Å². The third-order valence-electron chi connectivity index (χ3n) is 2.93. The summed E-state index contributed by atoms with van der Waals surface area (Å²) in [5, 5.41) is 8.37. The highest BCUT2D eigenvalue weighted by Crippen LogP contribution is 2.12. The zero-order valence-corrected chi connectivity index (χ0v) is 14.2. The number of rotatable bonds is 5. The normalized spacial score (nSPS) is 9.91. The fourth-order valence-electron chi connectivity index (χ4n) is 1.84. The fourth-order valence-corrected chi connectivity index (χ4v) is 2.20. The van der Waals surface area contributed by atoms with Gasteiger partial charge >= 0.3 is 0 Å².